The van der Waals surface area contributed by atoms with Crippen molar-refractivity contribution in [3.05, 3.63) is 36.1 Å². The van der Waals surface area contributed by atoms with Crippen molar-refractivity contribution in [1.29, 1.82) is 0 Å². The van der Waals surface area contributed by atoms with E-state index in [0.29, 0.717) is 18.8 Å². The maximum absolute atomic E-state index is 9.46. The second-order valence-corrected chi connectivity index (χ2v) is 7.14. The molecule has 1 rings (SSSR count). The molecule has 0 spiro atoms. The van der Waals surface area contributed by atoms with E-state index in [2.05, 4.69) is 25.3 Å². The third-order valence-electron chi connectivity index (χ3n) is 4.98. The zero-order valence-corrected chi connectivity index (χ0v) is 18.9. The number of nitrogens with zero attached hydrogens (tertiary/aromatic N) is 1. The molecule has 5 nitrogen and oxygen atoms in total. The van der Waals surface area contributed by atoms with Crippen LogP contribution in [0.5, 0.6) is 0 Å². The zero-order chi connectivity index (χ0) is 21.4. The molecule has 28 heavy (non-hydrogen) atoms. The Hall–Kier alpha value is -1.14. The van der Waals surface area contributed by atoms with Gasteiger partial charge in [0.2, 0.25) is 0 Å². The number of rotatable bonds is 11. The Morgan fingerprint density at radius 3 is 2.36 bits per heavy atom. The van der Waals surface area contributed by atoms with E-state index in [1.54, 1.807) is 27.4 Å². The van der Waals surface area contributed by atoms with Gasteiger partial charge in [0, 0.05) is 26.8 Å². The van der Waals surface area contributed by atoms with Crippen molar-refractivity contribution in [2.45, 2.75) is 71.1 Å². The van der Waals surface area contributed by atoms with Gasteiger partial charge in [0.1, 0.15) is 12.4 Å². The summed E-state index contributed by atoms with van der Waals surface area (Å²) >= 11 is 0. The molecule has 0 radical (unpaired) electrons. The summed E-state index contributed by atoms with van der Waals surface area (Å²) < 4.78 is 15.6. The van der Waals surface area contributed by atoms with Crippen LogP contribution in [0.3, 0.4) is 0 Å². The van der Waals surface area contributed by atoms with E-state index in [4.69, 9.17) is 14.2 Å². The minimum Gasteiger partial charge on any atom is -0.499 e. The second kappa shape index (κ2) is 16.8. The molecule has 5 heteroatoms. The summed E-state index contributed by atoms with van der Waals surface area (Å²) in [4.78, 5) is 2.36. The van der Waals surface area contributed by atoms with Gasteiger partial charge in [-0.2, -0.15) is 0 Å². The van der Waals surface area contributed by atoms with Gasteiger partial charge in [-0.1, -0.05) is 45.4 Å². The summed E-state index contributed by atoms with van der Waals surface area (Å²) in [5.41, 5.74) is 1.18. The van der Waals surface area contributed by atoms with Gasteiger partial charge in [0.25, 0.3) is 0 Å². The van der Waals surface area contributed by atoms with Gasteiger partial charge in [0.15, 0.2) is 0 Å². The van der Waals surface area contributed by atoms with Crippen molar-refractivity contribution in [2.75, 3.05) is 41.0 Å². The summed E-state index contributed by atoms with van der Waals surface area (Å²) in [5.74, 6) is 0.831. The molecule has 0 heterocycles. The number of hydrogen-bond acceptors (Lipinski definition) is 5. The largest absolute Gasteiger partial charge is 0.499 e. The molecule has 0 aliphatic heterocycles. The summed E-state index contributed by atoms with van der Waals surface area (Å²) in [6.07, 6.45) is 11.7. The Morgan fingerprint density at radius 1 is 1.21 bits per heavy atom. The lowest BCUT2D eigenvalue weighted by Gasteiger charge is -2.39. The van der Waals surface area contributed by atoms with Gasteiger partial charge < -0.3 is 19.3 Å². The number of aliphatic hydroxyl groups is 1. The maximum Gasteiger partial charge on any atom is 0.121 e. The standard InChI is InChI=1S/C12H25NO2.C11H18O2/c1-4-13(9-10(2)14)11-7-5-6-8-12(11)15-3;1-5-7-10(6-2)8-11(13-4)9-12-3/h10-12,14H,4-9H2,1-3H3;5,7-8H,1,6,9H2,2-4H3/b;10-7-,11-8+/t10-,11-,12?;/m1./s1. The van der Waals surface area contributed by atoms with Gasteiger partial charge in [-0.15, -0.1) is 0 Å². The molecule has 164 valence electrons. The smallest absolute Gasteiger partial charge is 0.121 e. The quantitative estimate of drug-likeness (QED) is 0.415. The molecule has 0 aromatic carbocycles. The van der Waals surface area contributed by atoms with Gasteiger partial charge in [-0.05, 0) is 44.4 Å². The molecule has 0 aromatic heterocycles. The van der Waals surface area contributed by atoms with E-state index in [1.165, 1.54) is 24.8 Å². The van der Waals surface area contributed by atoms with Crippen molar-refractivity contribution in [3.8, 4) is 0 Å². The van der Waals surface area contributed by atoms with Crippen LogP contribution in [0, 0.1) is 0 Å². The highest BCUT2D eigenvalue weighted by atomic mass is 16.5. The number of hydrogen-bond donors (Lipinski definition) is 1. The first-order chi connectivity index (χ1) is 13.5. The van der Waals surface area contributed by atoms with Gasteiger partial charge in [-0.3, -0.25) is 4.90 Å². The molecule has 0 amide bonds. The predicted octanol–water partition coefficient (Wildman–Crippen LogP) is 4.33. The van der Waals surface area contributed by atoms with Crippen molar-refractivity contribution >= 4 is 0 Å². The van der Waals surface area contributed by atoms with Crippen LogP contribution in [-0.2, 0) is 14.2 Å². The fourth-order valence-electron chi connectivity index (χ4n) is 3.54. The van der Waals surface area contributed by atoms with Gasteiger partial charge in [0.05, 0.1) is 19.3 Å². The molecule has 3 atom stereocenters. The van der Waals surface area contributed by atoms with Crippen molar-refractivity contribution in [1.82, 2.24) is 4.90 Å². The molecule has 1 unspecified atom stereocenters. The van der Waals surface area contributed by atoms with Crippen LogP contribution in [0.1, 0.15) is 52.9 Å². The third kappa shape index (κ3) is 11.0. The van der Waals surface area contributed by atoms with Crippen LogP contribution in [0.2, 0.25) is 0 Å². The number of methoxy groups -OCH3 is 3. The average Bonchev–Trinajstić information content (AvgIpc) is 2.71. The topological polar surface area (TPSA) is 51.2 Å². The summed E-state index contributed by atoms with van der Waals surface area (Å²) in [6.45, 7) is 12.0. The Labute approximate surface area is 173 Å². The molecule has 0 bridgehead atoms. The molecule has 1 N–H and O–H groups in total. The number of likely N-dealkylation sites (N-methyl/N-ethyl adjacent to an activating group) is 1. The lowest BCUT2D eigenvalue weighted by Crippen LogP contribution is -2.48. The first-order valence-corrected chi connectivity index (χ1v) is 10.5. The normalized spacial score (nSPS) is 21.7. The first-order valence-electron chi connectivity index (χ1n) is 10.5. The van der Waals surface area contributed by atoms with Crippen LogP contribution in [0.15, 0.2) is 36.1 Å². The van der Waals surface area contributed by atoms with E-state index in [1.807, 2.05) is 19.1 Å². The fraction of sp³-hybridized carbons (Fsp3) is 0.739. The minimum absolute atomic E-state index is 0.246. The highest BCUT2D eigenvalue weighted by molar-refractivity contribution is 5.24. The fourth-order valence-corrected chi connectivity index (χ4v) is 3.54. The zero-order valence-electron chi connectivity index (χ0n) is 18.9. The van der Waals surface area contributed by atoms with E-state index in [0.717, 1.165) is 31.7 Å². The molecular weight excluding hydrogens is 354 g/mol. The third-order valence-corrected chi connectivity index (χ3v) is 4.98. The Kier molecular flexibility index (Phi) is 16.1. The van der Waals surface area contributed by atoms with Crippen LogP contribution in [-0.4, -0.2) is 69.3 Å². The highest BCUT2D eigenvalue weighted by Crippen LogP contribution is 2.25. The molecule has 1 saturated carbocycles. The first kappa shape index (κ1) is 26.9. The van der Waals surface area contributed by atoms with Gasteiger partial charge in [-0.25, -0.2) is 0 Å². The molecule has 1 aliphatic carbocycles. The van der Waals surface area contributed by atoms with E-state index in [9.17, 15) is 5.11 Å². The summed E-state index contributed by atoms with van der Waals surface area (Å²) in [7, 11) is 5.10. The van der Waals surface area contributed by atoms with Crippen molar-refractivity contribution in [3.63, 3.8) is 0 Å². The monoisotopic (exact) mass is 397 g/mol. The Morgan fingerprint density at radius 2 is 1.89 bits per heavy atom. The molecule has 1 aliphatic rings. The van der Waals surface area contributed by atoms with E-state index in [-0.39, 0.29) is 6.10 Å². The van der Waals surface area contributed by atoms with Crippen molar-refractivity contribution < 1.29 is 19.3 Å². The molecule has 1 fully saturated rings. The Bertz CT molecular complexity index is 460. The van der Waals surface area contributed by atoms with E-state index >= 15 is 0 Å². The Balaban J connectivity index is 0.000000528. The lowest BCUT2D eigenvalue weighted by atomic mass is 9.91. The van der Waals surface area contributed by atoms with E-state index < -0.39 is 0 Å². The summed E-state index contributed by atoms with van der Waals surface area (Å²) in [5, 5.41) is 9.46. The average molecular weight is 398 g/mol. The van der Waals surface area contributed by atoms with Crippen LogP contribution < -0.4 is 0 Å². The SMILES string of the molecule is C=C/C=C(\C=C(/COC)OC)CC.CCN(C[C@@H](C)O)[C@@H]1CCCCC1OC. The summed E-state index contributed by atoms with van der Waals surface area (Å²) in [6, 6.07) is 0.503. The van der Waals surface area contributed by atoms with Crippen molar-refractivity contribution in [2.24, 2.45) is 0 Å². The highest BCUT2D eigenvalue weighted by Gasteiger charge is 2.29. The lowest BCUT2D eigenvalue weighted by molar-refractivity contribution is -0.0215. The van der Waals surface area contributed by atoms with Gasteiger partial charge >= 0.3 is 0 Å². The number of ether oxygens (including phenoxy) is 3. The molecular formula is C23H43NO4. The molecule has 0 saturated heterocycles. The van der Waals surface area contributed by atoms with Crippen LogP contribution in [0.25, 0.3) is 0 Å². The molecule has 0 aromatic rings. The number of allylic oxidation sites excluding steroid dienone is 4. The predicted molar refractivity (Wildman–Crippen MR) is 118 cm³/mol. The van der Waals surface area contributed by atoms with Crippen LogP contribution in [0.4, 0.5) is 0 Å². The number of aliphatic hydroxyl groups excluding tert-OH is 1. The maximum atomic E-state index is 9.46. The van der Waals surface area contributed by atoms with Crippen LogP contribution >= 0.6 is 0 Å². The minimum atomic E-state index is -0.246. The second-order valence-electron chi connectivity index (χ2n) is 7.14.